The van der Waals surface area contributed by atoms with E-state index in [0.717, 1.165) is 23.9 Å². The molecule has 0 unspecified atom stereocenters. The Morgan fingerprint density at radius 2 is 2.00 bits per heavy atom. The van der Waals surface area contributed by atoms with E-state index in [2.05, 4.69) is 36.1 Å². The molecule has 0 aromatic carbocycles. The lowest BCUT2D eigenvalue weighted by Gasteiger charge is -2.32. The molecule has 2 heterocycles. The highest BCUT2D eigenvalue weighted by Gasteiger charge is 2.36. The Morgan fingerprint density at radius 1 is 1.32 bits per heavy atom. The number of hydrogen-bond acceptors (Lipinski definition) is 4. The molecule has 104 valence electrons. The molecule has 2 rings (SSSR count). The van der Waals surface area contributed by atoms with E-state index in [0.29, 0.717) is 6.42 Å². The average molecular weight is 262 g/mol. The summed E-state index contributed by atoms with van der Waals surface area (Å²) in [4.78, 5) is 22.5. The standard InChI is InChI=1S/C14H22N4O/c1-9-6-12(16-10(2)15-9)17-11-7-13(19)18(8-11)14(3,4)5/h6,11H,7-8H2,1-5H3,(H,15,16,17)/t11-/m1/s1. The van der Waals surface area contributed by atoms with Crippen molar-refractivity contribution in [2.24, 2.45) is 0 Å². The highest BCUT2D eigenvalue weighted by molar-refractivity contribution is 5.80. The van der Waals surface area contributed by atoms with E-state index in [4.69, 9.17) is 0 Å². The van der Waals surface area contributed by atoms with E-state index in [1.807, 2.05) is 24.8 Å². The van der Waals surface area contributed by atoms with Gasteiger partial charge in [-0.25, -0.2) is 9.97 Å². The Balaban J connectivity index is 2.07. The molecule has 5 nitrogen and oxygen atoms in total. The number of nitrogens with one attached hydrogen (secondary N) is 1. The zero-order chi connectivity index (χ0) is 14.2. The fraction of sp³-hybridized carbons (Fsp3) is 0.643. The van der Waals surface area contributed by atoms with Gasteiger partial charge in [0.1, 0.15) is 11.6 Å². The van der Waals surface area contributed by atoms with Gasteiger partial charge in [0.2, 0.25) is 5.91 Å². The predicted molar refractivity (Wildman–Crippen MR) is 75.0 cm³/mol. The van der Waals surface area contributed by atoms with E-state index >= 15 is 0 Å². The quantitative estimate of drug-likeness (QED) is 0.884. The number of rotatable bonds is 2. The second-order valence-electron chi connectivity index (χ2n) is 6.16. The number of amides is 1. The minimum atomic E-state index is -0.120. The number of likely N-dealkylation sites (tertiary alicyclic amines) is 1. The Morgan fingerprint density at radius 3 is 2.53 bits per heavy atom. The fourth-order valence-electron chi connectivity index (χ4n) is 2.45. The third kappa shape index (κ3) is 3.22. The van der Waals surface area contributed by atoms with Crippen molar-refractivity contribution >= 4 is 11.7 Å². The normalized spacial score (nSPS) is 19.9. The van der Waals surface area contributed by atoms with Gasteiger partial charge in [-0.2, -0.15) is 0 Å². The van der Waals surface area contributed by atoms with Crippen LogP contribution in [0.1, 0.15) is 38.7 Å². The summed E-state index contributed by atoms with van der Waals surface area (Å²) < 4.78 is 0. The number of nitrogens with zero attached hydrogens (tertiary/aromatic N) is 3. The van der Waals surface area contributed by atoms with Crippen molar-refractivity contribution in [2.75, 3.05) is 11.9 Å². The lowest BCUT2D eigenvalue weighted by molar-refractivity contribution is -0.131. The lowest BCUT2D eigenvalue weighted by atomic mass is 10.1. The maximum absolute atomic E-state index is 12.0. The van der Waals surface area contributed by atoms with Crippen molar-refractivity contribution in [1.82, 2.24) is 14.9 Å². The Hall–Kier alpha value is -1.65. The molecule has 0 saturated carbocycles. The zero-order valence-electron chi connectivity index (χ0n) is 12.3. The van der Waals surface area contributed by atoms with Gasteiger partial charge in [-0.1, -0.05) is 0 Å². The van der Waals surface area contributed by atoms with Crippen molar-refractivity contribution in [1.29, 1.82) is 0 Å². The van der Waals surface area contributed by atoms with E-state index in [9.17, 15) is 4.79 Å². The first-order valence-electron chi connectivity index (χ1n) is 6.65. The number of carbonyl (C=O) groups is 1. The maximum atomic E-state index is 12.0. The molecule has 0 bridgehead atoms. The first-order chi connectivity index (χ1) is 8.75. The molecule has 1 aliphatic rings. The van der Waals surface area contributed by atoms with Gasteiger partial charge in [-0.15, -0.1) is 0 Å². The average Bonchev–Trinajstić information content (AvgIpc) is 2.57. The number of aromatic nitrogens is 2. The number of anilines is 1. The van der Waals surface area contributed by atoms with Crippen LogP contribution in [0.15, 0.2) is 6.07 Å². The van der Waals surface area contributed by atoms with Crippen LogP contribution >= 0.6 is 0 Å². The van der Waals surface area contributed by atoms with E-state index in [1.165, 1.54) is 0 Å². The Bertz CT molecular complexity index is 472. The van der Waals surface area contributed by atoms with Crippen LogP contribution in [0.25, 0.3) is 0 Å². The summed E-state index contributed by atoms with van der Waals surface area (Å²) in [5.74, 6) is 1.76. The smallest absolute Gasteiger partial charge is 0.225 e. The van der Waals surface area contributed by atoms with Crippen LogP contribution in [-0.2, 0) is 4.79 Å². The van der Waals surface area contributed by atoms with Gasteiger partial charge in [0.25, 0.3) is 0 Å². The molecule has 1 aliphatic heterocycles. The second kappa shape index (κ2) is 4.79. The molecule has 1 fully saturated rings. The molecule has 19 heavy (non-hydrogen) atoms. The minimum Gasteiger partial charge on any atom is -0.365 e. The predicted octanol–water partition coefficient (Wildman–Crippen LogP) is 1.90. The minimum absolute atomic E-state index is 0.120. The van der Waals surface area contributed by atoms with Gasteiger partial charge in [0, 0.05) is 30.3 Å². The van der Waals surface area contributed by atoms with Crippen molar-refractivity contribution < 1.29 is 4.79 Å². The molecule has 1 aromatic heterocycles. The van der Waals surface area contributed by atoms with Crippen LogP contribution in [0.4, 0.5) is 5.82 Å². The van der Waals surface area contributed by atoms with Crippen LogP contribution < -0.4 is 5.32 Å². The van der Waals surface area contributed by atoms with Gasteiger partial charge >= 0.3 is 0 Å². The highest BCUT2D eigenvalue weighted by Crippen LogP contribution is 2.23. The van der Waals surface area contributed by atoms with Gasteiger partial charge in [-0.3, -0.25) is 4.79 Å². The fourth-order valence-corrected chi connectivity index (χ4v) is 2.45. The first kappa shape index (κ1) is 13.8. The highest BCUT2D eigenvalue weighted by atomic mass is 16.2. The third-order valence-corrected chi connectivity index (χ3v) is 3.25. The van der Waals surface area contributed by atoms with E-state index in [-0.39, 0.29) is 17.5 Å². The molecule has 0 aliphatic carbocycles. The summed E-state index contributed by atoms with van der Waals surface area (Å²) in [6.45, 7) is 10.7. The van der Waals surface area contributed by atoms with Crippen molar-refractivity contribution in [3.05, 3.63) is 17.6 Å². The van der Waals surface area contributed by atoms with Gasteiger partial charge in [0.05, 0.1) is 6.04 Å². The van der Waals surface area contributed by atoms with Crippen LogP contribution in [0.5, 0.6) is 0 Å². The van der Waals surface area contributed by atoms with E-state index < -0.39 is 0 Å². The molecule has 1 atom stereocenters. The summed E-state index contributed by atoms with van der Waals surface area (Å²) >= 11 is 0. The molecular weight excluding hydrogens is 240 g/mol. The molecule has 1 N–H and O–H groups in total. The molecule has 0 spiro atoms. The van der Waals surface area contributed by atoms with Crippen LogP contribution in [0.3, 0.4) is 0 Å². The summed E-state index contributed by atoms with van der Waals surface area (Å²) in [5.41, 5.74) is 0.817. The van der Waals surface area contributed by atoms with Crippen LogP contribution in [0, 0.1) is 13.8 Å². The SMILES string of the molecule is Cc1cc(N[C@@H]2CC(=O)N(C(C)(C)C)C2)nc(C)n1. The number of carbonyl (C=O) groups excluding carboxylic acids is 1. The van der Waals surface area contributed by atoms with Crippen LogP contribution in [0.2, 0.25) is 0 Å². The first-order valence-corrected chi connectivity index (χ1v) is 6.65. The summed E-state index contributed by atoms with van der Waals surface area (Å²) in [6.07, 6.45) is 0.527. The van der Waals surface area contributed by atoms with Gasteiger partial charge in [-0.05, 0) is 34.6 Å². The Kier molecular flexibility index (Phi) is 3.47. The van der Waals surface area contributed by atoms with E-state index in [1.54, 1.807) is 0 Å². The molecule has 1 amide bonds. The monoisotopic (exact) mass is 262 g/mol. The third-order valence-electron chi connectivity index (χ3n) is 3.25. The Labute approximate surface area is 114 Å². The summed E-state index contributed by atoms with van der Waals surface area (Å²) in [5, 5.41) is 3.34. The summed E-state index contributed by atoms with van der Waals surface area (Å²) in [7, 11) is 0. The molecular formula is C14H22N4O. The topological polar surface area (TPSA) is 58.1 Å². The van der Waals surface area contributed by atoms with Crippen molar-refractivity contribution in [3.63, 3.8) is 0 Å². The van der Waals surface area contributed by atoms with Crippen LogP contribution in [-0.4, -0.2) is 38.9 Å². The maximum Gasteiger partial charge on any atom is 0.225 e. The lowest BCUT2D eigenvalue weighted by Crippen LogP contribution is -2.43. The second-order valence-corrected chi connectivity index (χ2v) is 6.16. The van der Waals surface area contributed by atoms with Crippen molar-refractivity contribution in [2.45, 2.75) is 52.6 Å². The zero-order valence-corrected chi connectivity index (χ0v) is 12.3. The van der Waals surface area contributed by atoms with Gasteiger partial charge < -0.3 is 10.2 Å². The van der Waals surface area contributed by atoms with Crippen molar-refractivity contribution in [3.8, 4) is 0 Å². The molecule has 1 saturated heterocycles. The molecule has 0 radical (unpaired) electrons. The number of aryl methyl sites for hydroxylation is 2. The summed E-state index contributed by atoms with van der Waals surface area (Å²) in [6, 6.07) is 2.04. The molecule has 5 heteroatoms. The van der Waals surface area contributed by atoms with Gasteiger partial charge in [0.15, 0.2) is 0 Å². The number of hydrogen-bond donors (Lipinski definition) is 1. The molecule has 1 aromatic rings. The largest absolute Gasteiger partial charge is 0.365 e.